The zero-order valence-corrected chi connectivity index (χ0v) is 18.9. The van der Waals surface area contributed by atoms with Gasteiger partial charge in [-0.2, -0.15) is 10.4 Å². The van der Waals surface area contributed by atoms with Gasteiger partial charge < -0.3 is 20.7 Å². The minimum Gasteiger partial charge on any atom is -0.467 e. The number of rotatable bonds is 6. The highest BCUT2D eigenvalue weighted by Gasteiger charge is 2.54. The van der Waals surface area contributed by atoms with E-state index >= 15 is 0 Å². The van der Waals surface area contributed by atoms with Gasteiger partial charge in [0.25, 0.3) is 5.91 Å². The van der Waals surface area contributed by atoms with Crippen LogP contribution in [0.1, 0.15) is 30.1 Å². The molecular formula is C23H24N8O3. The van der Waals surface area contributed by atoms with Gasteiger partial charge in [0, 0.05) is 48.8 Å². The average Bonchev–Trinajstić information content (AvgIpc) is 3.39. The summed E-state index contributed by atoms with van der Waals surface area (Å²) in [4.78, 5) is 35.1. The van der Waals surface area contributed by atoms with Crippen LogP contribution in [-0.2, 0) is 4.79 Å². The van der Waals surface area contributed by atoms with Crippen LogP contribution >= 0.6 is 0 Å². The fourth-order valence-electron chi connectivity index (χ4n) is 4.43. The van der Waals surface area contributed by atoms with Crippen LogP contribution in [0.4, 0.5) is 5.69 Å². The number of nitriles is 1. The molecular weight excluding hydrogens is 436 g/mol. The maximum Gasteiger partial charge on any atom is 0.316 e. The number of fused-ring (bicyclic) bond motifs is 1. The number of methoxy groups -OCH3 is 1. The molecule has 2 aliphatic rings. The van der Waals surface area contributed by atoms with Crippen LogP contribution in [0, 0.1) is 22.7 Å². The third-order valence-electron chi connectivity index (χ3n) is 6.65. The van der Waals surface area contributed by atoms with E-state index in [-0.39, 0.29) is 29.4 Å². The van der Waals surface area contributed by atoms with E-state index in [1.54, 1.807) is 21.8 Å². The van der Waals surface area contributed by atoms with Crippen molar-refractivity contribution in [3.63, 3.8) is 0 Å². The lowest BCUT2D eigenvalue weighted by atomic mass is 10.1. The summed E-state index contributed by atoms with van der Waals surface area (Å²) in [6, 6.07) is 4.21. The Hall–Kier alpha value is -4.20. The Kier molecular flexibility index (Phi) is 5.08. The molecule has 11 heteroatoms. The van der Waals surface area contributed by atoms with Crippen LogP contribution in [0.2, 0.25) is 0 Å². The molecule has 2 amide bonds. The molecule has 174 valence electrons. The van der Waals surface area contributed by atoms with Crippen LogP contribution in [0.25, 0.3) is 16.6 Å². The number of likely N-dealkylation sites (tertiary alicyclic amines) is 1. The van der Waals surface area contributed by atoms with Crippen molar-refractivity contribution >= 4 is 23.0 Å². The molecule has 1 aliphatic carbocycles. The van der Waals surface area contributed by atoms with E-state index in [2.05, 4.69) is 26.5 Å². The van der Waals surface area contributed by atoms with Crippen molar-refractivity contribution in [2.75, 3.05) is 25.5 Å². The molecule has 1 saturated heterocycles. The second-order valence-electron chi connectivity index (χ2n) is 8.95. The van der Waals surface area contributed by atoms with Crippen LogP contribution in [-0.4, -0.2) is 62.5 Å². The molecule has 4 heterocycles. The Morgan fingerprint density at radius 2 is 1.97 bits per heavy atom. The van der Waals surface area contributed by atoms with Crippen molar-refractivity contribution in [1.29, 1.82) is 5.26 Å². The number of ether oxygens (including phenoxy) is 1. The van der Waals surface area contributed by atoms with Gasteiger partial charge in [-0.1, -0.05) is 6.92 Å². The molecule has 2 atom stereocenters. The molecule has 2 fully saturated rings. The standard InChI is InChI=1S/C23H24N8O3/c1-13-9-30(21(33)23(12-24)3-4-23)11-17(13)29-19-16(20(25)32)8-28-31-10-14(5-18(19)31)15-6-26-22(34-2)27-7-15/h5-8,10,13,17,29H,3-4,9,11H2,1-2H3,(H2,25,32)/t13-,17-/m1/s1. The van der Waals surface area contributed by atoms with Gasteiger partial charge in [0.2, 0.25) is 5.91 Å². The van der Waals surface area contributed by atoms with Crippen molar-refractivity contribution in [3.05, 3.63) is 36.4 Å². The van der Waals surface area contributed by atoms with Gasteiger partial charge in [-0.3, -0.25) is 9.59 Å². The summed E-state index contributed by atoms with van der Waals surface area (Å²) in [5, 5.41) is 17.2. The first-order valence-corrected chi connectivity index (χ1v) is 11.0. The lowest BCUT2D eigenvalue weighted by Gasteiger charge is -2.21. The predicted molar refractivity (Wildman–Crippen MR) is 122 cm³/mol. The first-order chi connectivity index (χ1) is 16.3. The normalized spacial score (nSPS) is 20.7. The first-order valence-electron chi connectivity index (χ1n) is 11.0. The van der Waals surface area contributed by atoms with E-state index in [0.29, 0.717) is 37.1 Å². The zero-order valence-electron chi connectivity index (χ0n) is 18.9. The summed E-state index contributed by atoms with van der Waals surface area (Å²) in [6.45, 7) is 3.02. The molecule has 5 rings (SSSR count). The van der Waals surface area contributed by atoms with Crippen LogP contribution < -0.4 is 15.8 Å². The summed E-state index contributed by atoms with van der Waals surface area (Å²) >= 11 is 0. The molecule has 3 N–H and O–H groups in total. The number of nitrogens with one attached hydrogen (secondary N) is 1. The summed E-state index contributed by atoms with van der Waals surface area (Å²) in [7, 11) is 1.50. The SMILES string of the molecule is COc1ncc(-c2cc3c(N[C@@H]4CN(C(=O)C5(C#N)CC5)C[C@H]4C)c(C(N)=O)cnn3c2)cn1. The Morgan fingerprint density at radius 1 is 1.24 bits per heavy atom. The molecule has 1 saturated carbocycles. The number of aromatic nitrogens is 4. The lowest BCUT2D eigenvalue weighted by Crippen LogP contribution is -2.36. The maximum atomic E-state index is 12.9. The van der Waals surface area contributed by atoms with Gasteiger partial charge >= 0.3 is 6.01 Å². The topological polar surface area (TPSA) is 152 Å². The van der Waals surface area contributed by atoms with Crippen molar-refractivity contribution in [1.82, 2.24) is 24.5 Å². The number of carbonyl (C=O) groups is 2. The van der Waals surface area contributed by atoms with Crippen molar-refractivity contribution in [2.45, 2.75) is 25.8 Å². The van der Waals surface area contributed by atoms with E-state index in [1.807, 2.05) is 19.2 Å². The summed E-state index contributed by atoms with van der Waals surface area (Å²) in [5.74, 6) is -0.601. The predicted octanol–water partition coefficient (Wildman–Crippen LogP) is 1.46. The molecule has 1 aliphatic heterocycles. The number of primary amides is 1. The van der Waals surface area contributed by atoms with Crippen LogP contribution in [0.5, 0.6) is 6.01 Å². The van der Waals surface area contributed by atoms with Crippen LogP contribution in [0.15, 0.2) is 30.9 Å². The second-order valence-corrected chi connectivity index (χ2v) is 8.95. The molecule has 3 aromatic heterocycles. The summed E-state index contributed by atoms with van der Waals surface area (Å²) in [6.07, 6.45) is 7.77. The first kappa shape index (κ1) is 21.6. The smallest absolute Gasteiger partial charge is 0.316 e. The molecule has 34 heavy (non-hydrogen) atoms. The van der Waals surface area contributed by atoms with Crippen molar-refractivity contribution < 1.29 is 14.3 Å². The largest absolute Gasteiger partial charge is 0.467 e. The van der Waals surface area contributed by atoms with Gasteiger partial charge in [-0.15, -0.1) is 0 Å². The number of nitrogens with zero attached hydrogens (tertiary/aromatic N) is 6. The highest BCUT2D eigenvalue weighted by molar-refractivity contribution is 6.02. The number of amides is 2. The highest BCUT2D eigenvalue weighted by Crippen LogP contribution is 2.47. The van der Waals surface area contributed by atoms with Gasteiger partial charge in [0.1, 0.15) is 5.41 Å². The molecule has 0 bridgehead atoms. The highest BCUT2D eigenvalue weighted by atomic mass is 16.5. The number of hydrogen-bond acceptors (Lipinski definition) is 8. The molecule has 0 spiro atoms. The molecule has 0 aromatic carbocycles. The zero-order chi connectivity index (χ0) is 24.0. The quantitative estimate of drug-likeness (QED) is 0.561. The average molecular weight is 460 g/mol. The molecule has 0 unspecified atom stereocenters. The van der Waals surface area contributed by atoms with Crippen molar-refractivity contribution in [2.24, 2.45) is 17.1 Å². The number of hydrogen-bond donors (Lipinski definition) is 2. The molecule has 11 nitrogen and oxygen atoms in total. The van der Waals surface area contributed by atoms with E-state index < -0.39 is 11.3 Å². The summed E-state index contributed by atoms with van der Waals surface area (Å²) in [5.41, 5.74) is 7.85. The van der Waals surface area contributed by atoms with Gasteiger partial charge in [-0.05, 0) is 24.8 Å². The lowest BCUT2D eigenvalue weighted by molar-refractivity contribution is -0.134. The van der Waals surface area contributed by atoms with Gasteiger partial charge in [0.05, 0.1) is 36.1 Å². The van der Waals surface area contributed by atoms with Crippen molar-refractivity contribution in [3.8, 4) is 23.2 Å². The molecule has 3 aromatic rings. The minimum absolute atomic E-state index is 0.106. The van der Waals surface area contributed by atoms with Crippen LogP contribution in [0.3, 0.4) is 0 Å². The maximum absolute atomic E-state index is 12.9. The third kappa shape index (κ3) is 3.57. The van der Waals surface area contributed by atoms with Gasteiger partial charge in [-0.25, -0.2) is 14.5 Å². The van der Waals surface area contributed by atoms with E-state index in [1.165, 1.54) is 13.3 Å². The third-order valence-corrected chi connectivity index (χ3v) is 6.65. The Labute approximate surface area is 195 Å². The Bertz CT molecular complexity index is 1320. The number of carbonyl (C=O) groups excluding carboxylic acids is 2. The fraction of sp³-hybridized carbons (Fsp3) is 0.391. The Morgan fingerprint density at radius 3 is 2.59 bits per heavy atom. The Balaban J connectivity index is 1.47. The number of anilines is 1. The fourth-order valence-corrected chi connectivity index (χ4v) is 4.43. The number of nitrogens with two attached hydrogens (primary N) is 1. The van der Waals surface area contributed by atoms with Gasteiger partial charge in [0.15, 0.2) is 0 Å². The molecule has 0 radical (unpaired) electrons. The van der Waals surface area contributed by atoms with E-state index in [9.17, 15) is 14.9 Å². The van der Waals surface area contributed by atoms with E-state index in [4.69, 9.17) is 10.5 Å². The van der Waals surface area contributed by atoms with E-state index in [0.717, 1.165) is 11.1 Å². The second kappa shape index (κ2) is 7.98. The monoisotopic (exact) mass is 460 g/mol. The minimum atomic E-state index is -0.853. The summed E-state index contributed by atoms with van der Waals surface area (Å²) < 4.78 is 6.68.